The molecule has 0 atom stereocenters. The van der Waals surface area contributed by atoms with Gasteiger partial charge >= 0.3 is 0 Å². The largest absolute Gasteiger partial charge is 0.414 e. The average Bonchev–Trinajstić information content (AvgIpc) is 2.25. The lowest BCUT2D eigenvalue weighted by Crippen LogP contribution is -2.25. The van der Waals surface area contributed by atoms with E-state index < -0.39 is 18.2 Å². The van der Waals surface area contributed by atoms with Crippen LogP contribution in [0.1, 0.15) is 0 Å². The highest BCUT2D eigenvalue weighted by molar-refractivity contribution is 7.94. The number of hydrogen-bond acceptors (Lipinski definition) is 3. The van der Waals surface area contributed by atoms with E-state index in [0.29, 0.717) is 11.5 Å². The fourth-order valence-electron chi connectivity index (χ4n) is 1.15. The number of benzene rings is 1. The zero-order chi connectivity index (χ0) is 12.9. The molecule has 0 aliphatic rings. The fourth-order valence-corrected chi connectivity index (χ4v) is 2.77. The molecule has 5 heteroatoms. The summed E-state index contributed by atoms with van der Waals surface area (Å²) in [5, 5.41) is 1.21. The molecule has 0 unspecified atom stereocenters. The monoisotopic (exact) mass is 270 g/mol. The molecule has 0 aliphatic heterocycles. The van der Waals surface area contributed by atoms with Crippen molar-refractivity contribution in [3.05, 3.63) is 41.8 Å². The molecule has 0 aromatic heterocycles. The molecule has 1 rings (SSSR count). The second kappa shape index (κ2) is 5.62. The van der Waals surface area contributed by atoms with Gasteiger partial charge in [-0.05, 0) is 37.8 Å². The van der Waals surface area contributed by atoms with Crippen molar-refractivity contribution in [2.24, 2.45) is 0 Å². The first kappa shape index (κ1) is 14.1. The summed E-state index contributed by atoms with van der Waals surface area (Å²) >= 11 is 0. The van der Waals surface area contributed by atoms with Gasteiger partial charge in [-0.2, -0.15) is 0 Å². The molecule has 0 aliphatic carbocycles. The molecule has 0 N–H and O–H groups in total. The Labute approximate surface area is 104 Å². The van der Waals surface area contributed by atoms with Crippen LogP contribution >= 0.6 is 0 Å². The van der Waals surface area contributed by atoms with Gasteiger partial charge in [0.2, 0.25) is 0 Å². The first-order chi connectivity index (χ1) is 7.81. The molecule has 0 bridgehead atoms. The van der Waals surface area contributed by atoms with Crippen molar-refractivity contribution in [1.29, 1.82) is 0 Å². The molecule has 0 heterocycles. The predicted molar refractivity (Wildman–Crippen MR) is 72.1 cm³/mol. The summed E-state index contributed by atoms with van der Waals surface area (Å²) in [6, 6.07) is 8.37. The predicted octanol–water partition coefficient (Wildman–Crippen LogP) is 2.83. The zero-order valence-electron chi connectivity index (χ0n) is 10.4. The summed E-state index contributed by atoms with van der Waals surface area (Å²) < 4.78 is 29.2. The van der Waals surface area contributed by atoms with Gasteiger partial charge in [-0.1, -0.05) is 18.2 Å². The van der Waals surface area contributed by atoms with E-state index in [-0.39, 0.29) is 0 Å². The van der Waals surface area contributed by atoms with Gasteiger partial charge in [-0.3, -0.25) is 0 Å². The molecule has 0 fully saturated rings. The molecular formula is C12H18O3SSi. The van der Waals surface area contributed by atoms with Gasteiger partial charge in [0.05, 0.1) is 11.5 Å². The fraction of sp³-hybridized carbons (Fsp3) is 0.333. The Morgan fingerprint density at radius 3 is 2.29 bits per heavy atom. The third kappa shape index (κ3) is 5.30. The normalized spacial score (nSPS) is 13.1. The molecule has 17 heavy (non-hydrogen) atoms. The highest BCUT2D eigenvalue weighted by atomic mass is 32.2. The molecule has 0 saturated carbocycles. The van der Waals surface area contributed by atoms with Crippen molar-refractivity contribution in [2.45, 2.75) is 24.5 Å². The summed E-state index contributed by atoms with van der Waals surface area (Å²) in [5.74, 6) is 0. The number of sulfone groups is 1. The van der Waals surface area contributed by atoms with Crippen LogP contribution in [0.25, 0.3) is 0 Å². The molecular weight excluding hydrogens is 252 g/mol. The van der Waals surface area contributed by atoms with Gasteiger partial charge < -0.3 is 4.43 Å². The summed E-state index contributed by atoms with van der Waals surface area (Å²) in [4.78, 5) is 0.309. The maximum absolute atomic E-state index is 11.8. The summed E-state index contributed by atoms with van der Waals surface area (Å²) in [7, 11) is -4.90. The van der Waals surface area contributed by atoms with E-state index in [1.54, 1.807) is 36.4 Å². The minimum atomic E-state index is -3.32. The lowest BCUT2D eigenvalue weighted by molar-refractivity contribution is 0.357. The number of rotatable bonds is 5. The highest BCUT2D eigenvalue weighted by Crippen LogP contribution is 2.11. The van der Waals surface area contributed by atoms with Crippen molar-refractivity contribution in [1.82, 2.24) is 0 Å². The number of hydrogen-bond donors (Lipinski definition) is 0. The second-order valence-electron chi connectivity index (χ2n) is 4.65. The van der Waals surface area contributed by atoms with Gasteiger partial charge in [0, 0.05) is 5.41 Å². The van der Waals surface area contributed by atoms with Gasteiger partial charge in [0.15, 0.2) is 18.2 Å². The van der Waals surface area contributed by atoms with Crippen LogP contribution in [0.3, 0.4) is 0 Å². The molecule has 1 aromatic rings. The Bertz CT molecular complexity index is 472. The molecule has 0 spiro atoms. The van der Waals surface area contributed by atoms with Crippen molar-refractivity contribution >= 4 is 18.2 Å². The quantitative estimate of drug-likeness (QED) is 0.773. The summed E-state index contributed by atoms with van der Waals surface area (Å²) in [6.45, 7) is 6.54. The molecule has 94 valence electrons. The van der Waals surface area contributed by atoms with Crippen LogP contribution in [0.4, 0.5) is 0 Å². The third-order valence-electron chi connectivity index (χ3n) is 1.96. The van der Waals surface area contributed by atoms with Crippen LogP contribution in [0, 0.1) is 0 Å². The van der Waals surface area contributed by atoms with E-state index >= 15 is 0 Å². The van der Waals surface area contributed by atoms with E-state index in [2.05, 4.69) is 19.6 Å². The van der Waals surface area contributed by atoms with Crippen LogP contribution in [0.2, 0.25) is 19.6 Å². The van der Waals surface area contributed by atoms with Crippen LogP contribution < -0.4 is 0 Å². The second-order valence-corrected chi connectivity index (χ2v) is 11.0. The van der Waals surface area contributed by atoms with E-state index in [0.717, 1.165) is 0 Å². The molecule has 0 saturated heterocycles. The standard InChI is InChI=1S/C12H18O3SSi/c1-17(2,3)15-10-7-11-16(13,14)12-8-5-4-6-9-12/h4-9,11H,10H2,1-3H3/b11-7+. The van der Waals surface area contributed by atoms with Gasteiger partial charge in [-0.25, -0.2) is 8.42 Å². The molecule has 3 nitrogen and oxygen atoms in total. The topological polar surface area (TPSA) is 43.4 Å². The lowest BCUT2D eigenvalue weighted by atomic mass is 10.4. The minimum absolute atomic E-state index is 0.309. The summed E-state index contributed by atoms with van der Waals surface area (Å²) in [5.41, 5.74) is 0. The van der Waals surface area contributed by atoms with Crippen LogP contribution in [0.15, 0.2) is 46.7 Å². The Morgan fingerprint density at radius 2 is 1.76 bits per heavy atom. The van der Waals surface area contributed by atoms with Crippen LogP contribution in [-0.2, 0) is 14.3 Å². The molecule has 1 aromatic carbocycles. The van der Waals surface area contributed by atoms with Crippen molar-refractivity contribution in [3.63, 3.8) is 0 Å². The average molecular weight is 270 g/mol. The Kier molecular flexibility index (Phi) is 4.67. The Morgan fingerprint density at radius 1 is 1.18 bits per heavy atom. The van der Waals surface area contributed by atoms with E-state index in [1.165, 1.54) is 5.41 Å². The Balaban J connectivity index is 2.66. The van der Waals surface area contributed by atoms with Crippen LogP contribution in [0.5, 0.6) is 0 Å². The minimum Gasteiger partial charge on any atom is -0.414 e. The van der Waals surface area contributed by atoms with Gasteiger partial charge in [0.25, 0.3) is 0 Å². The smallest absolute Gasteiger partial charge is 0.199 e. The molecule has 0 radical (unpaired) electrons. The van der Waals surface area contributed by atoms with E-state index in [9.17, 15) is 8.42 Å². The lowest BCUT2D eigenvalue weighted by Gasteiger charge is -2.14. The van der Waals surface area contributed by atoms with Crippen molar-refractivity contribution in [2.75, 3.05) is 6.61 Å². The first-order valence-corrected chi connectivity index (χ1v) is 10.4. The summed E-state index contributed by atoms with van der Waals surface area (Å²) in [6.07, 6.45) is 1.56. The third-order valence-corrected chi connectivity index (χ3v) is 4.47. The van der Waals surface area contributed by atoms with E-state index in [1.807, 2.05) is 0 Å². The highest BCUT2D eigenvalue weighted by Gasteiger charge is 2.13. The van der Waals surface area contributed by atoms with Gasteiger partial charge in [0.1, 0.15) is 0 Å². The first-order valence-electron chi connectivity index (χ1n) is 5.42. The van der Waals surface area contributed by atoms with Crippen molar-refractivity contribution in [3.8, 4) is 0 Å². The maximum Gasteiger partial charge on any atom is 0.199 e. The van der Waals surface area contributed by atoms with Crippen LogP contribution in [-0.4, -0.2) is 23.3 Å². The maximum atomic E-state index is 11.8. The van der Waals surface area contributed by atoms with Crippen molar-refractivity contribution < 1.29 is 12.8 Å². The SMILES string of the molecule is C[Si](C)(C)OC/C=C/S(=O)(=O)c1ccccc1. The molecule has 0 amide bonds. The zero-order valence-corrected chi connectivity index (χ0v) is 12.2. The van der Waals surface area contributed by atoms with Gasteiger partial charge in [-0.15, -0.1) is 0 Å². The Hall–Kier alpha value is -0.913. The van der Waals surface area contributed by atoms with E-state index in [4.69, 9.17) is 4.43 Å².